The summed E-state index contributed by atoms with van der Waals surface area (Å²) in [5.41, 5.74) is 1.29. The molecule has 0 spiro atoms. The third-order valence-corrected chi connectivity index (χ3v) is 3.43. The summed E-state index contributed by atoms with van der Waals surface area (Å²) >= 11 is 1.36. The van der Waals surface area contributed by atoms with Crippen molar-refractivity contribution in [2.24, 2.45) is 0 Å². The minimum absolute atomic E-state index is 0.240. The molecule has 0 aliphatic heterocycles. The maximum atomic E-state index is 12.1. The quantitative estimate of drug-likeness (QED) is 0.800. The van der Waals surface area contributed by atoms with E-state index in [0.717, 1.165) is 5.69 Å². The Bertz CT molecular complexity index is 773. The number of benzene rings is 1. The SMILES string of the molecule is Cc1ccc(Oc2cccc(C(=O)Nc3nccs3)c2)nn1. The van der Waals surface area contributed by atoms with E-state index in [4.69, 9.17) is 4.74 Å². The number of carbonyl (C=O) groups excluding carboxylic acids is 1. The Labute approximate surface area is 130 Å². The van der Waals surface area contributed by atoms with Crippen LogP contribution in [0.25, 0.3) is 0 Å². The number of aryl methyl sites for hydroxylation is 1. The standard InChI is InChI=1S/C15H12N4O2S/c1-10-5-6-13(19-18-10)21-12-4-2-3-11(9-12)14(20)17-15-16-7-8-22-15/h2-9H,1H3,(H,16,17,20). The van der Waals surface area contributed by atoms with Gasteiger partial charge < -0.3 is 4.74 Å². The Balaban J connectivity index is 1.74. The molecule has 0 fully saturated rings. The normalized spacial score (nSPS) is 10.2. The maximum Gasteiger partial charge on any atom is 0.257 e. The second-order valence-electron chi connectivity index (χ2n) is 4.43. The van der Waals surface area contributed by atoms with Crippen molar-refractivity contribution in [2.75, 3.05) is 5.32 Å². The molecular formula is C15H12N4O2S. The molecule has 22 heavy (non-hydrogen) atoms. The number of hydrogen-bond acceptors (Lipinski definition) is 6. The number of anilines is 1. The van der Waals surface area contributed by atoms with Gasteiger partial charge in [-0.3, -0.25) is 10.1 Å². The highest BCUT2D eigenvalue weighted by Gasteiger charge is 2.09. The van der Waals surface area contributed by atoms with Gasteiger partial charge in [-0.05, 0) is 31.2 Å². The maximum absolute atomic E-state index is 12.1. The Morgan fingerprint density at radius 2 is 2.14 bits per heavy atom. The number of rotatable bonds is 4. The Morgan fingerprint density at radius 3 is 2.86 bits per heavy atom. The van der Waals surface area contributed by atoms with Gasteiger partial charge in [-0.15, -0.1) is 16.4 Å². The van der Waals surface area contributed by atoms with Gasteiger partial charge in [0.05, 0.1) is 5.69 Å². The van der Waals surface area contributed by atoms with Crippen LogP contribution >= 0.6 is 11.3 Å². The minimum atomic E-state index is -0.240. The number of carbonyl (C=O) groups is 1. The summed E-state index contributed by atoms with van der Waals surface area (Å²) in [5, 5.41) is 12.9. The lowest BCUT2D eigenvalue weighted by Crippen LogP contribution is -2.11. The lowest BCUT2D eigenvalue weighted by molar-refractivity contribution is 0.102. The van der Waals surface area contributed by atoms with Gasteiger partial charge in [-0.2, -0.15) is 5.10 Å². The molecule has 7 heteroatoms. The third-order valence-electron chi connectivity index (χ3n) is 2.74. The Kier molecular flexibility index (Phi) is 4.06. The summed E-state index contributed by atoms with van der Waals surface area (Å²) in [6.45, 7) is 1.85. The highest BCUT2D eigenvalue weighted by molar-refractivity contribution is 7.13. The summed E-state index contributed by atoms with van der Waals surface area (Å²) < 4.78 is 5.59. The predicted octanol–water partition coefficient (Wildman–Crippen LogP) is 3.29. The average molecular weight is 312 g/mol. The van der Waals surface area contributed by atoms with Crippen molar-refractivity contribution in [3.63, 3.8) is 0 Å². The van der Waals surface area contributed by atoms with Crippen LogP contribution in [-0.2, 0) is 0 Å². The molecule has 1 amide bonds. The van der Waals surface area contributed by atoms with Crippen molar-refractivity contribution < 1.29 is 9.53 Å². The van der Waals surface area contributed by atoms with Crippen molar-refractivity contribution >= 4 is 22.4 Å². The first kappa shape index (κ1) is 14.2. The summed E-state index contributed by atoms with van der Waals surface area (Å²) in [6.07, 6.45) is 1.63. The molecule has 0 aliphatic rings. The van der Waals surface area contributed by atoms with Crippen LogP contribution in [0.4, 0.5) is 5.13 Å². The fraction of sp³-hybridized carbons (Fsp3) is 0.0667. The molecule has 0 bridgehead atoms. The number of thiazole rings is 1. The lowest BCUT2D eigenvalue weighted by atomic mass is 10.2. The first-order valence-electron chi connectivity index (χ1n) is 6.50. The van der Waals surface area contributed by atoms with E-state index < -0.39 is 0 Å². The first-order valence-corrected chi connectivity index (χ1v) is 7.38. The summed E-state index contributed by atoms with van der Waals surface area (Å²) in [4.78, 5) is 16.2. The van der Waals surface area contributed by atoms with Crippen molar-refractivity contribution in [3.8, 4) is 11.6 Å². The van der Waals surface area contributed by atoms with Gasteiger partial charge in [0.1, 0.15) is 5.75 Å². The van der Waals surface area contributed by atoms with Crippen molar-refractivity contribution in [1.82, 2.24) is 15.2 Å². The zero-order chi connectivity index (χ0) is 15.4. The van der Waals surface area contributed by atoms with E-state index >= 15 is 0 Å². The van der Waals surface area contributed by atoms with Crippen LogP contribution in [0.5, 0.6) is 11.6 Å². The van der Waals surface area contributed by atoms with Crippen LogP contribution in [0.2, 0.25) is 0 Å². The van der Waals surface area contributed by atoms with Crippen molar-refractivity contribution in [3.05, 3.63) is 59.2 Å². The molecule has 1 N–H and O–H groups in total. The van der Waals surface area contributed by atoms with Crippen LogP contribution in [0.15, 0.2) is 48.0 Å². The van der Waals surface area contributed by atoms with Gasteiger partial charge >= 0.3 is 0 Å². The molecule has 3 rings (SSSR count). The monoisotopic (exact) mass is 312 g/mol. The molecule has 0 radical (unpaired) electrons. The van der Waals surface area contributed by atoms with Gasteiger partial charge in [0.25, 0.3) is 5.91 Å². The zero-order valence-electron chi connectivity index (χ0n) is 11.7. The van der Waals surface area contributed by atoms with Crippen LogP contribution in [0.3, 0.4) is 0 Å². The fourth-order valence-corrected chi connectivity index (χ4v) is 2.24. The number of hydrogen-bond donors (Lipinski definition) is 1. The number of amides is 1. The minimum Gasteiger partial charge on any atom is -0.438 e. The summed E-state index contributed by atoms with van der Waals surface area (Å²) in [7, 11) is 0. The molecule has 6 nitrogen and oxygen atoms in total. The average Bonchev–Trinajstić information content (AvgIpc) is 3.03. The molecule has 0 aliphatic carbocycles. The van der Waals surface area contributed by atoms with E-state index in [9.17, 15) is 4.79 Å². The molecule has 3 aromatic rings. The van der Waals surface area contributed by atoms with E-state index in [1.165, 1.54) is 11.3 Å². The molecule has 0 unspecified atom stereocenters. The summed E-state index contributed by atoms with van der Waals surface area (Å²) in [6, 6.07) is 10.4. The van der Waals surface area contributed by atoms with Gasteiger partial charge in [0.2, 0.25) is 5.88 Å². The molecule has 0 saturated carbocycles. The van der Waals surface area contributed by atoms with Gasteiger partial charge in [0, 0.05) is 23.2 Å². The lowest BCUT2D eigenvalue weighted by Gasteiger charge is -2.06. The fourth-order valence-electron chi connectivity index (χ4n) is 1.72. The predicted molar refractivity (Wildman–Crippen MR) is 83.4 cm³/mol. The van der Waals surface area contributed by atoms with Crippen LogP contribution < -0.4 is 10.1 Å². The third kappa shape index (κ3) is 3.44. The molecule has 110 valence electrons. The number of nitrogens with zero attached hydrogens (tertiary/aromatic N) is 3. The van der Waals surface area contributed by atoms with E-state index in [1.807, 2.05) is 6.92 Å². The highest BCUT2D eigenvalue weighted by Crippen LogP contribution is 2.21. The van der Waals surface area contributed by atoms with Crippen molar-refractivity contribution in [2.45, 2.75) is 6.92 Å². The zero-order valence-corrected chi connectivity index (χ0v) is 12.5. The van der Waals surface area contributed by atoms with Gasteiger partial charge in [0.15, 0.2) is 5.13 Å². The van der Waals surface area contributed by atoms with E-state index in [0.29, 0.717) is 22.3 Å². The number of aromatic nitrogens is 3. The molecule has 1 aromatic carbocycles. The van der Waals surface area contributed by atoms with Crippen LogP contribution in [0, 0.1) is 6.92 Å². The number of nitrogens with one attached hydrogen (secondary N) is 1. The molecule has 2 heterocycles. The van der Waals surface area contributed by atoms with E-state index in [-0.39, 0.29) is 5.91 Å². The van der Waals surface area contributed by atoms with E-state index in [2.05, 4.69) is 20.5 Å². The Morgan fingerprint density at radius 1 is 1.23 bits per heavy atom. The first-order chi connectivity index (χ1) is 10.7. The van der Waals surface area contributed by atoms with Crippen LogP contribution in [0.1, 0.15) is 16.1 Å². The summed E-state index contributed by atoms with van der Waals surface area (Å²) in [5.74, 6) is 0.656. The van der Waals surface area contributed by atoms with Crippen molar-refractivity contribution in [1.29, 1.82) is 0 Å². The van der Waals surface area contributed by atoms with Crippen LogP contribution in [-0.4, -0.2) is 21.1 Å². The molecule has 0 atom stereocenters. The number of ether oxygens (including phenoxy) is 1. The molecular weight excluding hydrogens is 300 g/mol. The van der Waals surface area contributed by atoms with E-state index in [1.54, 1.807) is 48.0 Å². The molecule has 0 saturated heterocycles. The topological polar surface area (TPSA) is 77.0 Å². The Hall–Kier alpha value is -2.80. The molecule has 2 aromatic heterocycles. The largest absolute Gasteiger partial charge is 0.438 e. The second-order valence-corrected chi connectivity index (χ2v) is 5.33. The van der Waals surface area contributed by atoms with Gasteiger partial charge in [-0.25, -0.2) is 4.98 Å². The second kappa shape index (κ2) is 6.31. The smallest absolute Gasteiger partial charge is 0.257 e. The van der Waals surface area contributed by atoms with Gasteiger partial charge in [-0.1, -0.05) is 6.07 Å². The highest BCUT2D eigenvalue weighted by atomic mass is 32.1.